The Labute approximate surface area is 184 Å². The molecule has 0 aromatic rings. The third-order valence-corrected chi connectivity index (χ3v) is 0. The van der Waals surface area contributed by atoms with Crippen molar-refractivity contribution in [1.29, 1.82) is 0 Å². The van der Waals surface area contributed by atoms with Crippen LogP contribution in [-0.4, -0.2) is 93.8 Å². The molecular formula is H17IO23P4S2. The largest absolute Gasteiger partial charge is 0.466 e. The Morgan fingerprint density at radius 2 is 0.467 bits per heavy atom. The SMILES string of the molecule is I.O=P(O)(O)O.O=P(O)(O)O.O=P(O)(O)O.O=S(=O)(O)O.O=S(=O)(O)O.OP(O)O. The maximum absolute atomic E-state index is 8.88. The van der Waals surface area contributed by atoms with E-state index in [9.17, 15) is 0 Å². The van der Waals surface area contributed by atoms with Crippen LogP contribution in [0, 0.1) is 0 Å². The van der Waals surface area contributed by atoms with Gasteiger partial charge in [-0.3, -0.25) is 18.2 Å². The van der Waals surface area contributed by atoms with Gasteiger partial charge in [-0.2, -0.15) is 16.8 Å². The van der Waals surface area contributed by atoms with E-state index in [1.807, 2.05) is 0 Å². The molecule has 0 aromatic heterocycles. The van der Waals surface area contributed by atoms with Crippen LogP contribution in [-0.2, 0) is 34.5 Å². The zero-order chi connectivity index (χ0) is 26.1. The van der Waals surface area contributed by atoms with Crippen LogP contribution in [0.2, 0.25) is 0 Å². The van der Waals surface area contributed by atoms with E-state index in [0.717, 1.165) is 0 Å². The minimum Gasteiger partial charge on any atom is -0.328 e. The maximum atomic E-state index is 8.88. The van der Waals surface area contributed by atoms with Gasteiger partial charge in [-0.05, 0) is 0 Å². The summed E-state index contributed by atoms with van der Waals surface area (Å²) in [6, 6.07) is 0. The Morgan fingerprint density at radius 1 is 0.467 bits per heavy atom. The smallest absolute Gasteiger partial charge is 0.328 e. The second kappa shape index (κ2) is 21.9. The molecule has 0 atom stereocenters. The maximum Gasteiger partial charge on any atom is 0.466 e. The van der Waals surface area contributed by atoms with Crippen LogP contribution in [0.5, 0.6) is 0 Å². The second-order valence-electron chi connectivity index (χ2n) is 2.70. The van der Waals surface area contributed by atoms with Gasteiger partial charge in [0.25, 0.3) is 0 Å². The molecule has 0 saturated carbocycles. The van der Waals surface area contributed by atoms with E-state index in [1.165, 1.54) is 0 Å². The number of hydrogen-bond acceptors (Lipinski definition) is 10. The van der Waals surface area contributed by atoms with E-state index in [4.69, 9.17) is 107 Å². The average molecular weight is 700 g/mol. The van der Waals surface area contributed by atoms with Gasteiger partial charge in [0.2, 0.25) is 0 Å². The van der Waals surface area contributed by atoms with Gasteiger partial charge < -0.3 is 58.7 Å². The van der Waals surface area contributed by atoms with E-state index in [1.54, 1.807) is 0 Å². The van der Waals surface area contributed by atoms with E-state index in [-0.39, 0.29) is 24.0 Å². The fraction of sp³-hybridized carbons (Fsp3) is 0. The van der Waals surface area contributed by atoms with Crippen LogP contribution in [0.15, 0.2) is 0 Å². The van der Waals surface area contributed by atoms with Gasteiger partial charge in [0.05, 0.1) is 0 Å². The third-order valence-electron chi connectivity index (χ3n) is 0. The first-order valence-electron chi connectivity index (χ1n) is 4.34. The normalized spacial score (nSPS) is 11.0. The molecule has 23 nitrogen and oxygen atoms in total. The Balaban J connectivity index is -0.0000000421. The number of hydrogen-bond donors (Lipinski definition) is 16. The minimum absolute atomic E-state index is 0. The van der Waals surface area contributed by atoms with Crippen molar-refractivity contribution in [2.75, 3.05) is 0 Å². The van der Waals surface area contributed by atoms with Crippen LogP contribution in [0.4, 0.5) is 0 Å². The highest BCUT2D eigenvalue weighted by Crippen LogP contribution is 2.26. The Morgan fingerprint density at radius 3 is 0.467 bits per heavy atom. The number of halogens is 1. The minimum atomic E-state index is -4.67. The summed E-state index contributed by atoms with van der Waals surface area (Å²) in [6.07, 6.45) is 0. The lowest BCUT2D eigenvalue weighted by molar-refractivity contribution is 0.272. The van der Waals surface area contributed by atoms with Gasteiger partial charge >= 0.3 is 52.9 Å². The van der Waals surface area contributed by atoms with E-state index >= 15 is 0 Å². The molecule has 0 heterocycles. The molecule has 194 valence electrons. The van der Waals surface area contributed by atoms with Crippen molar-refractivity contribution in [3.63, 3.8) is 0 Å². The molecule has 0 unspecified atom stereocenters. The van der Waals surface area contributed by atoms with Crippen molar-refractivity contribution in [2.24, 2.45) is 0 Å². The predicted octanol–water partition coefficient (Wildman–Crippen LogP) is -4.28. The standard InChI is InChI=1S/HI.3H3O4P.2H2O4S.H3O3P/c;5*1-5(2,3)4;1-4(2)3/h1H;3*(H3,1,2,3,4);2*(H2,1,2,3,4);1-3H. The molecule has 0 aromatic carbocycles. The highest BCUT2D eigenvalue weighted by Gasteiger charge is 2.01. The van der Waals surface area contributed by atoms with Gasteiger partial charge in [-0.1, -0.05) is 0 Å². The molecule has 0 saturated heterocycles. The Hall–Kier alpha value is 1.11. The molecule has 30 heavy (non-hydrogen) atoms. The summed E-state index contributed by atoms with van der Waals surface area (Å²) >= 11 is 0. The lowest BCUT2D eigenvalue weighted by Gasteiger charge is -1.82. The summed E-state index contributed by atoms with van der Waals surface area (Å²) in [4.78, 5) is 86.4. The summed E-state index contributed by atoms with van der Waals surface area (Å²) in [5.74, 6) is 0. The van der Waals surface area contributed by atoms with Gasteiger partial charge in [-0.15, -0.1) is 24.0 Å². The zero-order valence-corrected chi connectivity index (χ0v) is 20.6. The van der Waals surface area contributed by atoms with Crippen LogP contribution >= 0.6 is 56.0 Å². The second-order valence-corrected chi connectivity index (χ2v) is 8.11. The van der Waals surface area contributed by atoms with Gasteiger partial charge in [0, 0.05) is 0 Å². The molecule has 0 aliphatic carbocycles. The first kappa shape index (κ1) is 48.5. The highest BCUT2D eigenvalue weighted by atomic mass is 127. The quantitative estimate of drug-likeness (QED) is 0.0645. The first-order chi connectivity index (χ1) is 11.7. The van der Waals surface area contributed by atoms with Crippen LogP contribution in [0.25, 0.3) is 0 Å². The molecule has 0 aliphatic heterocycles. The molecule has 30 heteroatoms. The molecule has 0 bridgehead atoms. The number of rotatable bonds is 0. The van der Waals surface area contributed by atoms with Crippen molar-refractivity contribution in [3.8, 4) is 0 Å². The molecule has 0 radical (unpaired) electrons. The van der Waals surface area contributed by atoms with Gasteiger partial charge in [0.1, 0.15) is 0 Å². The molecule has 0 aliphatic rings. The van der Waals surface area contributed by atoms with Crippen molar-refractivity contribution in [3.05, 3.63) is 0 Å². The van der Waals surface area contributed by atoms with Crippen molar-refractivity contribution in [2.45, 2.75) is 0 Å². The highest BCUT2D eigenvalue weighted by molar-refractivity contribution is 14.0. The molecule has 16 N–H and O–H groups in total. The van der Waals surface area contributed by atoms with E-state index in [2.05, 4.69) is 0 Å². The summed E-state index contributed by atoms with van der Waals surface area (Å²) in [5, 5.41) is 0. The first-order valence-corrected chi connectivity index (χ1v) is 13.0. The fourth-order valence-electron chi connectivity index (χ4n) is 0. The summed E-state index contributed by atoms with van der Waals surface area (Å²) in [6.45, 7) is 0. The predicted molar refractivity (Wildman–Crippen MR) is 100 cm³/mol. The van der Waals surface area contributed by atoms with Crippen molar-refractivity contribution >= 4 is 76.8 Å². The van der Waals surface area contributed by atoms with Crippen LogP contribution < -0.4 is 0 Å². The molecule has 0 rings (SSSR count). The lowest BCUT2D eigenvalue weighted by Crippen LogP contribution is -1.89. The van der Waals surface area contributed by atoms with Crippen molar-refractivity contribution in [1.82, 2.24) is 0 Å². The molecule has 0 spiro atoms. The van der Waals surface area contributed by atoms with Gasteiger partial charge in [0.15, 0.2) is 0 Å². The number of phosphoric acid groups is 3. The molecular weight excluding hydrogens is 683 g/mol. The zero-order valence-electron chi connectivity index (χ0n) is 13.0. The monoisotopic (exact) mass is 700 g/mol. The van der Waals surface area contributed by atoms with Gasteiger partial charge in [-0.25, -0.2) is 13.7 Å². The van der Waals surface area contributed by atoms with Crippen molar-refractivity contribution < 1.29 is 107 Å². The summed E-state index contributed by atoms with van der Waals surface area (Å²) < 4.78 is 89.8. The lowest BCUT2D eigenvalue weighted by atomic mass is 15.8. The Bertz CT molecular complexity index is 575. The van der Waals surface area contributed by atoms with E-state index < -0.39 is 52.9 Å². The van der Waals surface area contributed by atoms with Crippen LogP contribution in [0.1, 0.15) is 0 Å². The summed E-state index contributed by atoms with van der Waals surface area (Å²) in [7, 11) is -25.9. The van der Waals surface area contributed by atoms with Crippen LogP contribution in [0.3, 0.4) is 0 Å². The molecule has 0 amide bonds. The van der Waals surface area contributed by atoms with E-state index in [0.29, 0.717) is 0 Å². The topological polar surface area (TPSA) is 443 Å². The average Bonchev–Trinajstić information content (AvgIpc) is 1.96. The fourth-order valence-corrected chi connectivity index (χ4v) is 0. The summed E-state index contributed by atoms with van der Waals surface area (Å²) in [5.41, 5.74) is 0. The Kier molecular flexibility index (Phi) is 35.5. The molecule has 0 fully saturated rings. The third kappa shape index (κ3) is 18700.